The van der Waals surface area contributed by atoms with E-state index in [1.807, 2.05) is 18.7 Å². The fraction of sp³-hybridized carbons (Fsp3) is 0.833. The summed E-state index contributed by atoms with van der Waals surface area (Å²) < 4.78 is 4.98. The average Bonchev–Trinajstić information content (AvgIpc) is 2.27. The van der Waals surface area contributed by atoms with Gasteiger partial charge in [-0.05, 0) is 20.8 Å². The standard InChI is InChI=1S/C12H25N3O3/c1-9(2)14-11(16)5-6-15(7-8-18-4)10(3)12(13)17/h9-10H,5-8H2,1-4H3,(H2,13,17)(H,14,16). The summed E-state index contributed by atoms with van der Waals surface area (Å²) in [6, 6.07) is -0.273. The molecule has 6 heteroatoms. The first-order valence-electron chi connectivity index (χ1n) is 6.20. The molecule has 0 aliphatic carbocycles. The number of nitrogens with one attached hydrogen (secondary N) is 1. The molecule has 0 saturated carbocycles. The number of hydrogen-bond donors (Lipinski definition) is 2. The number of nitrogens with zero attached hydrogens (tertiary/aromatic N) is 1. The molecule has 0 bridgehead atoms. The van der Waals surface area contributed by atoms with E-state index in [0.717, 1.165) is 0 Å². The zero-order valence-corrected chi connectivity index (χ0v) is 11.7. The molecule has 2 amide bonds. The summed E-state index contributed by atoms with van der Waals surface area (Å²) in [5, 5.41) is 2.81. The van der Waals surface area contributed by atoms with Crippen LogP contribution in [0.15, 0.2) is 0 Å². The zero-order valence-electron chi connectivity index (χ0n) is 11.7. The maximum Gasteiger partial charge on any atom is 0.234 e. The number of methoxy groups -OCH3 is 1. The highest BCUT2D eigenvalue weighted by molar-refractivity contribution is 5.79. The predicted octanol–water partition coefficient (Wildman–Crippen LogP) is -0.277. The summed E-state index contributed by atoms with van der Waals surface area (Å²) in [6.45, 7) is 7.13. The van der Waals surface area contributed by atoms with E-state index in [4.69, 9.17) is 10.5 Å². The quantitative estimate of drug-likeness (QED) is 0.596. The summed E-state index contributed by atoms with van der Waals surface area (Å²) in [4.78, 5) is 24.6. The minimum Gasteiger partial charge on any atom is -0.383 e. The lowest BCUT2D eigenvalue weighted by atomic mass is 10.2. The predicted molar refractivity (Wildman–Crippen MR) is 70.0 cm³/mol. The van der Waals surface area contributed by atoms with E-state index in [1.165, 1.54) is 0 Å². The molecule has 0 saturated heterocycles. The molecule has 3 N–H and O–H groups in total. The molecule has 0 aromatic carbocycles. The minimum absolute atomic E-state index is 0.0240. The highest BCUT2D eigenvalue weighted by atomic mass is 16.5. The number of hydrogen-bond acceptors (Lipinski definition) is 4. The van der Waals surface area contributed by atoms with E-state index in [0.29, 0.717) is 26.1 Å². The highest BCUT2D eigenvalue weighted by Gasteiger charge is 2.19. The summed E-state index contributed by atoms with van der Waals surface area (Å²) >= 11 is 0. The van der Waals surface area contributed by atoms with Crippen LogP contribution in [0.4, 0.5) is 0 Å². The lowest BCUT2D eigenvalue weighted by Crippen LogP contribution is -2.45. The van der Waals surface area contributed by atoms with Gasteiger partial charge in [-0.25, -0.2) is 0 Å². The van der Waals surface area contributed by atoms with Gasteiger partial charge >= 0.3 is 0 Å². The zero-order chi connectivity index (χ0) is 14.1. The Morgan fingerprint density at radius 2 is 1.89 bits per heavy atom. The van der Waals surface area contributed by atoms with Gasteiger partial charge in [0.25, 0.3) is 0 Å². The van der Waals surface area contributed by atoms with Crippen LogP contribution in [0.3, 0.4) is 0 Å². The number of rotatable bonds is 9. The van der Waals surface area contributed by atoms with Crippen LogP contribution in [-0.2, 0) is 14.3 Å². The van der Waals surface area contributed by atoms with Crippen molar-refractivity contribution in [2.75, 3.05) is 26.8 Å². The van der Waals surface area contributed by atoms with Crippen LogP contribution in [-0.4, -0.2) is 55.6 Å². The largest absolute Gasteiger partial charge is 0.383 e. The molecule has 0 aliphatic rings. The molecule has 1 unspecified atom stereocenters. The van der Waals surface area contributed by atoms with Crippen LogP contribution >= 0.6 is 0 Å². The summed E-state index contributed by atoms with van der Waals surface area (Å²) in [6.07, 6.45) is 0.347. The fourth-order valence-corrected chi connectivity index (χ4v) is 1.53. The molecule has 0 aromatic heterocycles. The smallest absolute Gasteiger partial charge is 0.234 e. The molecule has 1 atom stereocenters. The SMILES string of the molecule is COCCN(CCC(=O)NC(C)C)C(C)C(N)=O. The Balaban J connectivity index is 4.23. The van der Waals surface area contributed by atoms with Gasteiger partial charge in [0.2, 0.25) is 11.8 Å². The molecule has 0 aromatic rings. The monoisotopic (exact) mass is 259 g/mol. The molecular formula is C12H25N3O3. The van der Waals surface area contributed by atoms with Gasteiger partial charge in [-0.2, -0.15) is 0 Å². The summed E-state index contributed by atoms with van der Waals surface area (Å²) in [7, 11) is 1.60. The minimum atomic E-state index is -0.396. The average molecular weight is 259 g/mol. The second kappa shape index (κ2) is 8.88. The molecule has 18 heavy (non-hydrogen) atoms. The first-order valence-corrected chi connectivity index (χ1v) is 6.20. The Morgan fingerprint density at radius 3 is 2.33 bits per heavy atom. The number of ether oxygens (including phenoxy) is 1. The summed E-state index contributed by atoms with van der Waals surface area (Å²) in [5.41, 5.74) is 5.27. The number of primary amides is 1. The van der Waals surface area contributed by atoms with Crippen LogP contribution in [0.1, 0.15) is 27.2 Å². The topological polar surface area (TPSA) is 84.7 Å². The molecule has 106 valence electrons. The van der Waals surface area contributed by atoms with Crippen LogP contribution < -0.4 is 11.1 Å². The number of carbonyl (C=O) groups excluding carboxylic acids is 2. The fourth-order valence-electron chi connectivity index (χ4n) is 1.53. The van der Waals surface area contributed by atoms with Gasteiger partial charge in [-0.1, -0.05) is 0 Å². The lowest BCUT2D eigenvalue weighted by molar-refractivity contribution is -0.125. The van der Waals surface area contributed by atoms with Crippen molar-refractivity contribution in [2.24, 2.45) is 5.73 Å². The van der Waals surface area contributed by atoms with E-state index >= 15 is 0 Å². The van der Waals surface area contributed by atoms with E-state index in [-0.39, 0.29) is 11.9 Å². The maximum absolute atomic E-state index is 11.5. The molecule has 0 rings (SSSR count). The van der Waals surface area contributed by atoms with Crippen LogP contribution in [0.2, 0.25) is 0 Å². The molecule has 0 heterocycles. The molecular weight excluding hydrogens is 234 g/mol. The van der Waals surface area contributed by atoms with Crippen molar-refractivity contribution >= 4 is 11.8 Å². The highest BCUT2D eigenvalue weighted by Crippen LogP contribution is 2.00. The Hall–Kier alpha value is -1.14. The molecule has 0 spiro atoms. The number of carbonyl (C=O) groups is 2. The van der Waals surface area contributed by atoms with E-state index in [9.17, 15) is 9.59 Å². The Morgan fingerprint density at radius 1 is 1.28 bits per heavy atom. The van der Waals surface area contributed by atoms with Gasteiger partial charge in [0.15, 0.2) is 0 Å². The van der Waals surface area contributed by atoms with E-state index in [1.54, 1.807) is 14.0 Å². The van der Waals surface area contributed by atoms with Crippen LogP contribution in [0.5, 0.6) is 0 Å². The Bertz CT molecular complexity index is 269. The van der Waals surface area contributed by atoms with Crippen molar-refractivity contribution in [2.45, 2.75) is 39.3 Å². The van der Waals surface area contributed by atoms with Crippen molar-refractivity contribution in [3.05, 3.63) is 0 Å². The molecule has 6 nitrogen and oxygen atoms in total. The normalized spacial score (nSPS) is 12.8. The molecule has 0 radical (unpaired) electrons. The van der Waals surface area contributed by atoms with Crippen molar-refractivity contribution < 1.29 is 14.3 Å². The van der Waals surface area contributed by atoms with Crippen molar-refractivity contribution in [1.29, 1.82) is 0 Å². The second-order valence-electron chi connectivity index (χ2n) is 4.58. The maximum atomic E-state index is 11.5. The van der Waals surface area contributed by atoms with Crippen molar-refractivity contribution in [3.63, 3.8) is 0 Å². The van der Waals surface area contributed by atoms with Crippen molar-refractivity contribution in [3.8, 4) is 0 Å². The first-order chi connectivity index (χ1) is 8.38. The van der Waals surface area contributed by atoms with Gasteiger partial charge < -0.3 is 15.8 Å². The number of nitrogens with two attached hydrogens (primary N) is 1. The molecule has 0 fully saturated rings. The summed E-state index contributed by atoms with van der Waals surface area (Å²) in [5.74, 6) is -0.417. The van der Waals surface area contributed by atoms with Gasteiger partial charge in [0.05, 0.1) is 12.6 Å². The van der Waals surface area contributed by atoms with Crippen LogP contribution in [0.25, 0.3) is 0 Å². The Kier molecular flexibility index (Phi) is 8.32. The van der Waals surface area contributed by atoms with Gasteiger partial charge in [-0.3, -0.25) is 14.5 Å². The van der Waals surface area contributed by atoms with Gasteiger partial charge in [0, 0.05) is 32.7 Å². The third-order valence-corrected chi connectivity index (χ3v) is 2.62. The third-order valence-electron chi connectivity index (χ3n) is 2.62. The lowest BCUT2D eigenvalue weighted by Gasteiger charge is -2.26. The van der Waals surface area contributed by atoms with Crippen molar-refractivity contribution in [1.82, 2.24) is 10.2 Å². The van der Waals surface area contributed by atoms with E-state index < -0.39 is 11.9 Å². The first kappa shape index (κ1) is 16.9. The van der Waals surface area contributed by atoms with Gasteiger partial charge in [-0.15, -0.1) is 0 Å². The van der Waals surface area contributed by atoms with Crippen LogP contribution in [0, 0.1) is 0 Å². The third kappa shape index (κ3) is 7.24. The van der Waals surface area contributed by atoms with Gasteiger partial charge in [0.1, 0.15) is 0 Å². The Labute approximate surface area is 109 Å². The second-order valence-corrected chi connectivity index (χ2v) is 4.58. The number of amides is 2. The molecule has 0 aliphatic heterocycles. The van der Waals surface area contributed by atoms with E-state index in [2.05, 4.69) is 5.32 Å².